The molecular formula is C13H8ClN3O2S. The molecule has 0 bridgehead atoms. The minimum absolute atomic E-state index is 0.197. The predicted molar refractivity (Wildman–Crippen MR) is 79.6 cm³/mol. The van der Waals surface area contributed by atoms with Crippen LogP contribution in [0.25, 0.3) is 10.3 Å². The number of aromatic nitrogens is 2. The van der Waals surface area contributed by atoms with Gasteiger partial charge in [-0.05, 0) is 30.3 Å². The standard InChI is InChI=1S/C13H8ClN3O2S/c14-8-3-1-7(2-4-8)11(19)17-13-15-9-5-6-10(18)16-12(9)20-13/h1-6H,(H,16,18)(H,15,17,19). The van der Waals surface area contributed by atoms with Crippen molar-refractivity contribution in [2.45, 2.75) is 0 Å². The first-order valence-corrected chi connectivity index (χ1v) is 6.88. The maximum Gasteiger partial charge on any atom is 0.257 e. The van der Waals surface area contributed by atoms with Crippen molar-refractivity contribution in [3.05, 3.63) is 57.3 Å². The van der Waals surface area contributed by atoms with Gasteiger partial charge in [0.2, 0.25) is 5.56 Å². The van der Waals surface area contributed by atoms with Crippen molar-refractivity contribution < 1.29 is 4.79 Å². The van der Waals surface area contributed by atoms with Crippen LogP contribution in [-0.2, 0) is 0 Å². The number of anilines is 1. The lowest BCUT2D eigenvalue weighted by atomic mass is 10.2. The second-order valence-corrected chi connectivity index (χ2v) is 5.45. The van der Waals surface area contributed by atoms with E-state index >= 15 is 0 Å². The van der Waals surface area contributed by atoms with Crippen molar-refractivity contribution in [2.75, 3.05) is 5.32 Å². The number of amides is 1. The lowest BCUT2D eigenvalue weighted by Gasteiger charge is -2.00. The van der Waals surface area contributed by atoms with E-state index in [1.54, 1.807) is 30.3 Å². The van der Waals surface area contributed by atoms with Crippen molar-refractivity contribution >= 4 is 44.3 Å². The van der Waals surface area contributed by atoms with E-state index in [0.717, 1.165) is 0 Å². The van der Waals surface area contributed by atoms with Gasteiger partial charge in [-0.2, -0.15) is 0 Å². The van der Waals surface area contributed by atoms with Crippen molar-refractivity contribution in [1.29, 1.82) is 0 Å². The first kappa shape index (κ1) is 12.8. The van der Waals surface area contributed by atoms with E-state index in [0.29, 0.717) is 26.1 Å². The van der Waals surface area contributed by atoms with Crippen LogP contribution in [0.4, 0.5) is 5.13 Å². The topological polar surface area (TPSA) is 74.8 Å². The number of nitrogens with one attached hydrogen (secondary N) is 2. The fourth-order valence-corrected chi connectivity index (χ4v) is 2.64. The second-order valence-electron chi connectivity index (χ2n) is 4.02. The van der Waals surface area contributed by atoms with Gasteiger partial charge < -0.3 is 4.98 Å². The van der Waals surface area contributed by atoms with Crippen LogP contribution in [0.2, 0.25) is 5.02 Å². The number of rotatable bonds is 2. The monoisotopic (exact) mass is 305 g/mol. The average Bonchev–Trinajstić information content (AvgIpc) is 2.80. The first-order valence-electron chi connectivity index (χ1n) is 5.68. The third kappa shape index (κ3) is 2.56. The van der Waals surface area contributed by atoms with Gasteiger partial charge in [0.25, 0.3) is 5.91 Å². The minimum atomic E-state index is -0.275. The van der Waals surface area contributed by atoms with E-state index < -0.39 is 0 Å². The molecule has 3 aromatic rings. The molecule has 1 aromatic carbocycles. The number of fused-ring (bicyclic) bond motifs is 1. The second kappa shape index (κ2) is 5.07. The molecule has 0 unspecified atom stereocenters. The van der Waals surface area contributed by atoms with E-state index in [4.69, 9.17) is 11.6 Å². The van der Waals surface area contributed by atoms with Crippen LogP contribution in [0.5, 0.6) is 0 Å². The smallest absolute Gasteiger partial charge is 0.257 e. The van der Waals surface area contributed by atoms with E-state index in [1.807, 2.05) is 0 Å². The van der Waals surface area contributed by atoms with Crippen LogP contribution in [0.3, 0.4) is 0 Å². The third-order valence-corrected chi connectivity index (χ3v) is 3.76. The number of hydrogen-bond acceptors (Lipinski definition) is 4. The van der Waals surface area contributed by atoms with Gasteiger partial charge in [-0.3, -0.25) is 14.9 Å². The van der Waals surface area contributed by atoms with Crippen LogP contribution >= 0.6 is 22.9 Å². The molecule has 0 atom stereocenters. The van der Waals surface area contributed by atoms with Crippen molar-refractivity contribution in [1.82, 2.24) is 9.97 Å². The fourth-order valence-electron chi connectivity index (χ4n) is 1.67. The number of nitrogens with zero attached hydrogens (tertiary/aromatic N) is 1. The summed E-state index contributed by atoms with van der Waals surface area (Å²) in [7, 11) is 0. The Labute approximate surface area is 122 Å². The summed E-state index contributed by atoms with van der Waals surface area (Å²) in [6.45, 7) is 0. The molecule has 2 aromatic heterocycles. The van der Waals surface area contributed by atoms with Gasteiger partial charge in [0.15, 0.2) is 5.13 Å². The molecule has 2 N–H and O–H groups in total. The Morgan fingerprint density at radius 2 is 1.95 bits per heavy atom. The highest BCUT2D eigenvalue weighted by Gasteiger charge is 2.10. The fraction of sp³-hybridized carbons (Fsp3) is 0. The van der Waals surface area contributed by atoms with Gasteiger partial charge in [-0.25, -0.2) is 4.98 Å². The zero-order valence-electron chi connectivity index (χ0n) is 10.0. The molecule has 20 heavy (non-hydrogen) atoms. The van der Waals surface area contributed by atoms with Gasteiger partial charge in [-0.1, -0.05) is 22.9 Å². The third-order valence-electron chi connectivity index (χ3n) is 2.61. The molecule has 0 aliphatic carbocycles. The van der Waals surface area contributed by atoms with Gasteiger partial charge in [0, 0.05) is 16.7 Å². The van der Waals surface area contributed by atoms with E-state index in [9.17, 15) is 9.59 Å². The molecule has 0 saturated carbocycles. The summed E-state index contributed by atoms with van der Waals surface area (Å²) in [5.41, 5.74) is 0.930. The first-order chi connectivity index (χ1) is 9.61. The zero-order valence-corrected chi connectivity index (χ0v) is 11.6. The number of halogens is 1. The molecule has 0 aliphatic rings. The number of H-pyrrole nitrogens is 1. The molecule has 0 saturated heterocycles. The molecule has 0 fully saturated rings. The highest BCUT2D eigenvalue weighted by atomic mass is 35.5. The summed E-state index contributed by atoms with van der Waals surface area (Å²) in [5.74, 6) is -0.275. The van der Waals surface area contributed by atoms with Gasteiger partial charge in [0.05, 0.1) is 0 Å². The SMILES string of the molecule is O=C(Nc1nc2ccc(=O)[nH]c2s1)c1ccc(Cl)cc1. The Bertz CT molecular complexity index is 839. The highest BCUT2D eigenvalue weighted by molar-refractivity contribution is 7.21. The Morgan fingerprint density at radius 3 is 2.70 bits per heavy atom. The molecular weight excluding hydrogens is 298 g/mol. The molecule has 100 valence electrons. The summed E-state index contributed by atoms with van der Waals surface area (Å²) in [6.07, 6.45) is 0. The van der Waals surface area contributed by atoms with Crippen LogP contribution in [0, 0.1) is 0 Å². The quantitative estimate of drug-likeness (QED) is 0.764. The maximum absolute atomic E-state index is 12.0. The molecule has 2 heterocycles. The van der Waals surface area contributed by atoms with E-state index in [2.05, 4.69) is 15.3 Å². The number of carbonyl (C=O) groups excluding carboxylic acids is 1. The van der Waals surface area contributed by atoms with Crippen LogP contribution in [0.1, 0.15) is 10.4 Å². The predicted octanol–water partition coefficient (Wildman–Crippen LogP) is 2.89. The number of carbonyl (C=O) groups is 1. The summed E-state index contributed by atoms with van der Waals surface area (Å²) < 4.78 is 0. The maximum atomic E-state index is 12.0. The number of pyridine rings is 1. The molecule has 3 rings (SSSR count). The average molecular weight is 306 g/mol. The van der Waals surface area contributed by atoms with Crippen molar-refractivity contribution in [2.24, 2.45) is 0 Å². The number of thiazole rings is 1. The Morgan fingerprint density at radius 1 is 1.20 bits per heavy atom. The van der Waals surface area contributed by atoms with Crippen molar-refractivity contribution in [3.8, 4) is 0 Å². The summed E-state index contributed by atoms with van der Waals surface area (Å²) in [4.78, 5) is 30.7. The summed E-state index contributed by atoms with van der Waals surface area (Å²) >= 11 is 6.98. The van der Waals surface area contributed by atoms with E-state index in [-0.39, 0.29) is 11.5 Å². The van der Waals surface area contributed by atoms with Crippen LogP contribution in [0.15, 0.2) is 41.2 Å². The van der Waals surface area contributed by atoms with Crippen LogP contribution < -0.4 is 10.9 Å². The Kier molecular flexibility index (Phi) is 3.25. The minimum Gasteiger partial charge on any atom is -0.312 e. The number of hydrogen-bond donors (Lipinski definition) is 2. The molecule has 1 amide bonds. The van der Waals surface area contributed by atoms with Gasteiger partial charge in [0.1, 0.15) is 10.3 Å². The van der Waals surface area contributed by atoms with E-state index in [1.165, 1.54) is 17.4 Å². The largest absolute Gasteiger partial charge is 0.312 e. The van der Waals surface area contributed by atoms with Gasteiger partial charge in [-0.15, -0.1) is 0 Å². The normalized spacial score (nSPS) is 10.7. The molecule has 5 nitrogen and oxygen atoms in total. The highest BCUT2D eigenvalue weighted by Crippen LogP contribution is 2.23. The lowest BCUT2D eigenvalue weighted by molar-refractivity contribution is 0.102. The summed E-state index contributed by atoms with van der Waals surface area (Å²) in [6, 6.07) is 9.56. The van der Waals surface area contributed by atoms with Crippen molar-refractivity contribution in [3.63, 3.8) is 0 Å². The Hall–Kier alpha value is -2.18. The summed E-state index contributed by atoms with van der Waals surface area (Å²) in [5, 5.41) is 3.69. The molecule has 0 radical (unpaired) electrons. The Balaban J connectivity index is 1.87. The number of benzene rings is 1. The lowest BCUT2D eigenvalue weighted by Crippen LogP contribution is -2.11. The molecule has 0 spiro atoms. The molecule has 0 aliphatic heterocycles. The number of aromatic amines is 1. The molecule has 7 heteroatoms. The zero-order chi connectivity index (χ0) is 14.1. The van der Waals surface area contributed by atoms with Crippen LogP contribution in [-0.4, -0.2) is 15.9 Å². The van der Waals surface area contributed by atoms with Gasteiger partial charge >= 0.3 is 0 Å².